The molecule has 0 aromatic carbocycles. The van der Waals surface area contributed by atoms with Crippen LogP contribution in [0.5, 0.6) is 5.75 Å². The lowest BCUT2D eigenvalue weighted by Gasteiger charge is -2.43. The highest BCUT2D eigenvalue weighted by Gasteiger charge is 2.37. The number of hydrogen-bond donors (Lipinski definition) is 1. The summed E-state index contributed by atoms with van der Waals surface area (Å²) in [5, 5.41) is 17.5. The van der Waals surface area contributed by atoms with E-state index in [1.54, 1.807) is 16.9 Å². The number of fused-ring (bicyclic) bond motifs is 1. The van der Waals surface area contributed by atoms with Crippen molar-refractivity contribution in [3.8, 4) is 22.9 Å². The molecule has 1 N–H and O–H groups in total. The van der Waals surface area contributed by atoms with E-state index in [-0.39, 0.29) is 11.4 Å². The average Bonchev–Trinajstić information content (AvgIpc) is 3.45. The maximum atomic E-state index is 13.2. The smallest absolute Gasteiger partial charge is 0.234 e. The van der Waals surface area contributed by atoms with Crippen LogP contribution in [0.3, 0.4) is 0 Å². The molecule has 0 bridgehead atoms. The zero-order valence-corrected chi connectivity index (χ0v) is 24.7. The third kappa shape index (κ3) is 6.47. The van der Waals surface area contributed by atoms with Crippen molar-refractivity contribution in [3.05, 3.63) is 72.4 Å². The number of rotatable bonds is 9. The molecule has 4 aromatic heterocycles. The van der Waals surface area contributed by atoms with Gasteiger partial charge in [0.25, 0.3) is 0 Å². The third-order valence-electron chi connectivity index (χ3n) is 8.59. The summed E-state index contributed by atoms with van der Waals surface area (Å²) < 4.78 is 7.45. The zero-order chi connectivity index (χ0) is 29.6. The summed E-state index contributed by atoms with van der Waals surface area (Å²) in [5.74, 6) is 1.68. The first-order valence-corrected chi connectivity index (χ1v) is 15.2. The van der Waals surface area contributed by atoms with Gasteiger partial charge in [-0.15, -0.1) is 0 Å². The number of nitrogens with zero attached hydrogens (tertiary/aromatic N) is 7. The molecule has 6 heterocycles. The van der Waals surface area contributed by atoms with Crippen molar-refractivity contribution in [2.24, 2.45) is 0 Å². The minimum absolute atomic E-state index is 0.103. The lowest BCUT2D eigenvalue weighted by molar-refractivity contribution is -0.124. The van der Waals surface area contributed by atoms with Gasteiger partial charge in [-0.25, -0.2) is 9.50 Å². The number of piperidine rings is 2. The Kier molecular flexibility index (Phi) is 8.52. The van der Waals surface area contributed by atoms with Crippen molar-refractivity contribution in [2.45, 2.75) is 51.0 Å². The van der Waals surface area contributed by atoms with E-state index in [1.165, 1.54) is 6.42 Å². The lowest BCUT2D eigenvalue weighted by atomic mass is 9.82. The normalized spacial score (nSPS) is 17.0. The van der Waals surface area contributed by atoms with Crippen molar-refractivity contribution in [1.82, 2.24) is 29.8 Å². The third-order valence-corrected chi connectivity index (χ3v) is 8.59. The second-order valence-corrected chi connectivity index (χ2v) is 11.5. The lowest BCUT2D eigenvalue weighted by Crippen LogP contribution is -2.58. The number of ether oxygens (including phenoxy) is 1. The van der Waals surface area contributed by atoms with E-state index >= 15 is 0 Å². The maximum Gasteiger partial charge on any atom is 0.234 e. The Morgan fingerprint density at radius 2 is 1.91 bits per heavy atom. The van der Waals surface area contributed by atoms with Crippen molar-refractivity contribution in [1.29, 1.82) is 5.26 Å². The van der Waals surface area contributed by atoms with Gasteiger partial charge in [0.2, 0.25) is 5.91 Å². The van der Waals surface area contributed by atoms with Crippen LogP contribution in [0, 0.1) is 11.3 Å². The van der Waals surface area contributed by atoms with Gasteiger partial charge in [0.05, 0.1) is 36.6 Å². The fourth-order valence-corrected chi connectivity index (χ4v) is 6.39. The largest absolute Gasteiger partial charge is 0.492 e. The van der Waals surface area contributed by atoms with E-state index in [0.717, 1.165) is 80.0 Å². The number of amides is 1. The number of likely N-dealkylation sites (tertiary alicyclic amines) is 1. The molecule has 2 saturated heterocycles. The number of aromatic nitrogens is 4. The Morgan fingerprint density at radius 3 is 2.60 bits per heavy atom. The van der Waals surface area contributed by atoms with Gasteiger partial charge in [0.1, 0.15) is 17.6 Å². The number of carbonyl (C=O) groups is 1. The van der Waals surface area contributed by atoms with Gasteiger partial charge < -0.3 is 15.0 Å². The summed E-state index contributed by atoms with van der Waals surface area (Å²) >= 11 is 0. The number of nitriles is 1. The average molecular weight is 579 g/mol. The van der Waals surface area contributed by atoms with Crippen molar-refractivity contribution in [3.63, 3.8) is 0 Å². The van der Waals surface area contributed by atoms with Gasteiger partial charge in [0, 0.05) is 54.3 Å². The van der Waals surface area contributed by atoms with Crippen molar-refractivity contribution < 1.29 is 9.53 Å². The first-order valence-electron chi connectivity index (χ1n) is 15.2. The van der Waals surface area contributed by atoms with Gasteiger partial charge in [-0.1, -0.05) is 12.5 Å². The SMILES string of the molecule is CCOc1cc(-c2ccc(N3CCC(Cc4ccccn4)(NC(=O)CN4CCCCC4)CC3)nc2)c2c(C#N)cnn2c1. The number of hydrogen-bond acceptors (Lipinski definition) is 8. The quantitative estimate of drug-likeness (QED) is 0.314. The Morgan fingerprint density at radius 1 is 1.07 bits per heavy atom. The van der Waals surface area contributed by atoms with Gasteiger partial charge in [-0.3, -0.25) is 14.7 Å². The fourth-order valence-electron chi connectivity index (χ4n) is 6.39. The van der Waals surface area contributed by atoms with Crippen molar-refractivity contribution >= 4 is 17.2 Å². The monoisotopic (exact) mass is 578 g/mol. The molecular formula is C33H38N8O2. The Bertz CT molecular complexity index is 1580. The predicted molar refractivity (Wildman–Crippen MR) is 165 cm³/mol. The van der Waals surface area contributed by atoms with Crippen LogP contribution in [0.4, 0.5) is 5.82 Å². The summed E-state index contributed by atoms with van der Waals surface area (Å²) in [5.41, 5.74) is 3.62. The second-order valence-electron chi connectivity index (χ2n) is 11.5. The zero-order valence-electron chi connectivity index (χ0n) is 24.7. The number of nitrogens with one attached hydrogen (secondary N) is 1. The summed E-state index contributed by atoms with van der Waals surface area (Å²) in [6.45, 7) is 6.46. The molecular weight excluding hydrogens is 540 g/mol. The Balaban J connectivity index is 1.19. The molecule has 6 rings (SSSR count). The van der Waals surface area contributed by atoms with Crippen molar-refractivity contribution in [2.75, 3.05) is 44.2 Å². The molecule has 2 aliphatic heterocycles. The minimum Gasteiger partial charge on any atom is -0.492 e. The molecule has 0 aliphatic carbocycles. The van der Waals surface area contributed by atoms with E-state index in [0.29, 0.717) is 30.9 Å². The first kappa shape index (κ1) is 28.6. The van der Waals surface area contributed by atoms with Crippen LogP contribution in [0.25, 0.3) is 16.6 Å². The van der Waals surface area contributed by atoms with Gasteiger partial charge in [0.15, 0.2) is 0 Å². The molecule has 222 valence electrons. The van der Waals surface area contributed by atoms with Gasteiger partial charge >= 0.3 is 0 Å². The van der Waals surface area contributed by atoms with E-state index in [9.17, 15) is 10.1 Å². The molecule has 0 saturated carbocycles. The second kappa shape index (κ2) is 12.8. The molecule has 4 aromatic rings. The topological polar surface area (TPSA) is 112 Å². The molecule has 0 unspecified atom stereocenters. The molecule has 43 heavy (non-hydrogen) atoms. The van der Waals surface area contributed by atoms with Gasteiger partial charge in [-0.05, 0) is 76.0 Å². The predicted octanol–water partition coefficient (Wildman–Crippen LogP) is 4.25. The minimum atomic E-state index is -0.349. The van der Waals surface area contributed by atoms with Crippen LogP contribution >= 0.6 is 0 Å². The molecule has 0 spiro atoms. The highest BCUT2D eigenvalue weighted by molar-refractivity contribution is 5.85. The Hall–Kier alpha value is -4.49. The summed E-state index contributed by atoms with van der Waals surface area (Å²) in [4.78, 5) is 27.2. The summed E-state index contributed by atoms with van der Waals surface area (Å²) in [6, 6.07) is 14.2. The van der Waals surface area contributed by atoms with E-state index in [2.05, 4.69) is 31.3 Å². The van der Waals surface area contributed by atoms with Crippen LogP contribution in [0.1, 0.15) is 50.3 Å². The number of carbonyl (C=O) groups excluding carboxylic acids is 1. The molecule has 2 aliphatic rings. The maximum absolute atomic E-state index is 13.2. The molecule has 10 nitrogen and oxygen atoms in total. The standard InChI is InChI=1S/C33H38N8O2/c1-2-43-28-18-29(32-26(20-34)22-37-41(32)23-28)25-9-10-30(36-21-25)40-16-11-33(12-17-40,19-27-8-4-5-13-35-27)38-31(42)24-39-14-6-3-7-15-39/h4-5,8-10,13,18,21-23H,2-3,6-7,11-12,14-17,19,24H2,1H3,(H,38,42). The van der Waals surface area contributed by atoms with Crippen LogP contribution < -0.4 is 15.0 Å². The highest BCUT2D eigenvalue weighted by Crippen LogP contribution is 2.33. The van der Waals surface area contributed by atoms with E-state index < -0.39 is 0 Å². The van der Waals surface area contributed by atoms with Crippen LogP contribution in [0.2, 0.25) is 0 Å². The van der Waals surface area contributed by atoms with Crippen LogP contribution in [0.15, 0.2) is 61.2 Å². The van der Waals surface area contributed by atoms with Gasteiger partial charge in [-0.2, -0.15) is 10.4 Å². The Labute approximate surface area is 252 Å². The first-order chi connectivity index (χ1) is 21.1. The molecule has 0 radical (unpaired) electrons. The summed E-state index contributed by atoms with van der Waals surface area (Å²) in [6.07, 6.45) is 12.9. The molecule has 0 atom stereocenters. The molecule has 10 heteroatoms. The summed E-state index contributed by atoms with van der Waals surface area (Å²) in [7, 11) is 0. The van der Waals surface area contributed by atoms with E-state index in [4.69, 9.17) is 9.72 Å². The molecule has 2 fully saturated rings. The molecule has 1 amide bonds. The number of pyridine rings is 3. The fraction of sp³-hybridized carbons (Fsp3) is 0.424. The number of anilines is 1. The highest BCUT2D eigenvalue weighted by atomic mass is 16.5. The van der Waals surface area contributed by atoms with E-state index in [1.807, 2.05) is 55.7 Å². The van der Waals surface area contributed by atoms with Crippen LogP contribution in [-0.2, 0) is 11.2 Å². The van der Waals surface area contributed by atoms with Crippen LogP contribution in [-0.4, -0.2) is 75.3 Å².